The lowest BCUT2D eigenvalue weighted by Gasteiger charge is -2.09. The first-order valence-electron chi connectivity index (χ1n) is 6.11. The van der Waals surface area contributed by atoms with Gasteiger partial charge in [-0.3, -0.25) is 10.1 Å². The lowest BCUT2D eigenvalue weighted by Crippen LogP contribution is -2.09. The largest absolute Gasteiger partial charge is 0.379 e. The minimum atomic E-state index is -3.61. The molecule has 1 aliphatic carbocycles. The Labute approximate surface area is 111 Å². The van der Waals surface area contributed by atoms with Gasteiger partial charge in [0, 0.05) is 12.8 Å². The van der Waals surface area contributed by atoms with E-state index < -0.39 is 14.8 Å². The molecule has 0 saturated heterocycles. The molecule has 6 nitrogen and oxygen atoms in total. The molecular formula is C12H16N2O4S. The van der Waals surface area contributed by atoms with Gasteiger partial charge in [-0.1, -0.05) is 18.9 Å². The molecular weight excluding hydrogens is 268 g/mol. The number of benzene rings is 1. The number of nitrogens with zero attached hydrogens (tertiary/aromatic N) is 1. The van der Waals surface area contributed by atoms with Crippen LogP contribution >= 0.6 is 0 Å². The van der Waals surface area contributed by atoms with Crippen molar-refractivity contribution in [3.05, 3.63) is 28.3 Å². The molecule has 1 aliphatic rings. The fraction of sp³-hybridized carbons (Fsp3) is 0.500. The Bertz CT molecular complexity index is 594. The Balaban J connectivity index is 2.28. The number of nitrogens with one attached hydrogen (secondary N) is 1. The second kappa shape index (κ2) is 5.16. The molecule has 0 atom stereocenters. The monoisotopic (exact) mass is 284 g/mol. The molecule has 1 N–H and O–H groups in total. The maximum absolute atomic E-state index is 11.6. The van der Waals surface area contributed by atoms with Gasteiger partial charge in [-0.15, -0.1) is 0 Å². The van der Waals surface area contributed by atoms with Gasteiger partial charge < -0.3 is 5.32 Å². The van der Waals surface area contributed by atoms with Crippen LogP contribution in [-0.2, 0) is 9.84 Å². The number of anilines is 1. The van der Waals surface area contributed by atoms with E-state index in [2.05, 4.69) is 5.32 Å². The predicted molar refractivity (Wildman–Crippen MR) is 72.0 cm³/mol. The van der Waals surface area contributed by atoms with Crippen LogP contribution in [0.3, 0.4) is 0 Å². The fourth-order valence-corrected chi connectivity index (χ4v) is 2.83. The van der Waals surface area contributed by atoms with Crippen LogP contribution in [0.25, 0.3) is 0 Å². The molecule has 1 aromatic rings. The van der Waals surface area contributed by atoms with E-state index in [0.717, 1.165) is 12.7 Å². The van der Waals surface area contributed by atoms with E-state index in [1.165, 1.54) is 25.0 Å². The molecule has 0 radical (unpaired) electrons. The number of hydrogen-bond donors (Lipinski definition) is 1. The van der Waals surface area contributed by atoms with Crippen molar-refractivity contribution < 1.29 is 13.3 Å². The van der Waals surface area contributed by atoms with Crippen molar-refractivity contribution >= 4 is 21.2 Å². The van der Waals surface area contributed by atoms with Crippen LogP contribution in [0.5, 0.6) is 0 Å². The maximum Gasteiger partial charge on any atom is 0.310 e. The number of para-hydroxylation sites is 1. The average molecular weight is 284 g/mol. The van der Waals surface area contributed by atoms with E-state index in [0.29, 0.717) is 12.5 Å². The Morgan fingerprint density at radius 3 is 2.63 bits per heavy atom. The molecule has 0 bridgehead atoms. The Hall–Kier alpha value is -1.63. The molecule has 1 aromatic carbocycles. The molecule has 2 rings (SSSR count). The highest BCUT2D eigenvalue weighted by Crippen LogP contribution is 2.34. The van der Waals surface area contributed by atoms with Gasteiger partial charge in [0.05, 0.1) is 4.92 Å². The molecule has 0 aliphatic heterocycles. The summed E-state index contributed by atoms with van der Waals surface area (Å²) in [4.78, 5) is 10.2. The smallest absolute Gasteiger partial charge is 0.310 e. The summed E-state index contributed by atoms with van der Waals surface area (Å²) < 4.78 is 23.1. The first-order chi connectivity index (χ1) is 8.89. The minimum Gasteiger partial charge on any atom is -0.379 e. The van der Waals surface area contributed by atoms with Crippen LogP contribution in [0.2, 0.25) is 0 Å². The molecule has 7 heteroatoms. The summed E-state index contributed by atoms with van der Waals surface area (Å²) in [6.07, 6.45) is 4.36. The predicted octanol–water partition coefficient (Wildman–Crippen LogP) is 2.21. The Kier molecular flexibility index (Phi) is 3.75. The third-order valence-electron chi connectivity index (χ3n) is 3.15. The van der Waals surface area contributed by atoms with Gasteiger partial charge in [-0.25, -0.2) is 8.42 Å². The molecule has 1 saturated carbocycles. The Morgan fingerprint density at radius 1 is 1.42 bits per heavy atom. The summed E-state index contributed by atoms with van der Waals surface area (Å²) in [7, 11) is -3.61. The molecule has 1 fully saturated rings. The third kappa shape index (κ3) is 3.44. The summed E-state index contributed by atoms with van der Waals surface area (Å²) >= 11 is 0. The van der Waals surface area contributed by atoms with Crippen molar-refractivity contribution in [3.63, 3.8) is 0 Å². The molecule has 0 spiro atoms. The van der Waals surface area contributed by atoms with Gasteiger partial charge in [-0.05, 0) is 24.5 Å². The zero-order valence-corrected chi connectivity index (χ0v) is 11.4. The summed E-state index contributed by atoms with van der Waals surface area (Å²) in [5.41, 5.74) is -0.0885. The van der Waals surface area contributed by atoms with Crippen LogP contribution in [0, 0.1) is 16.0 Å². The van der Waals surface area contributed by atoms with Crippen molar-refractivity contribution in [1.82, 2.24) is 0 Å². The Morgan fingerprint density at radius 2 is 2.11 bits per heavy atom. The molecule has 0 aromatic heterocycles. The highest BCUT2D eigenvalue weighted by molar-refractivity contribution is 7.90. The third-order valence-corrected chi connectivity index (χ3v) is 4.27. The summed E-state index contributed by atoms with van der Waals surface area (Å²) in [6, 6.07) is 4.32. The van der Waals surface area contributed by atoms with Crippen molar-refractivity contribution in [2.75, 3.05) is 18.1 Å². The van der Waals surface area contributed by atoms with E-state index in [1.54, 1.807) is 6.07 Å². The summed E-state index contributed by atoms with van der Waals surface area (Å²) in [5.74, 6) is 0.713. The van der Waals surface area contributed by atoms with E-state index >= 15 is 0 Å². The van der Waals surface area contributed by atoms with Crippen LogP contribution in [0.1, 0.15) is 19.3 Å². The van der Waals surface area contributed by atoms with E-state index in [-0.39, 0.29) is 16.3 Å². The standard InChI is InChI=1S/C12H16N2O4S/c1-19(17,18)11-4-2-3-10(12(11)14(15)16)13-8-7-9-5-6-9/h2-4,9,13H,5-8H2,1H3. The summed E-state index contributed by atoms with van der Waals surface area (Å²) in [6.45, 7) is 0.624. The number of sulfone groups is 1. The fourth-order valence-electron chi connectivity index (χ4n) is 1.97. The number of nitro benzene ring substituents is 1. The number of hydrogen-bond acceptors (Lipinski definition) is 5. The van der Waals surface area contributed by atoms with E-state index in [1.807, 2.05) is 0 Å². The van der Waals surface area contributed by atoms with Gasteiger partial charge in [-0.2, -0.15) is 0 Å². The molecule has 104 valence electrons. The quantitative estimate of drug-likeness (QED) is 0.639. The van der Waals surface area contributed by atoms with E-state index in [9.17, 15) is 18.5 Å². The maximum atomic E-state index is 11.6. The topological polar surface area (TPSA) is 89.3 Å². The van der Waals surface area contributed by atoms with Crippen LogP contribution < -0.4 is 5.32 Å². The SMILES string of the molecule is CS(=O)(=O)c1cccc(NCCC2CC2)c1[N+](=O)[O-]. The molecule has 0 amide bonds. The normalized spacial score (nSPS) is 15.2. The van der Waals surface area contributed by atoms with Crippen molar-refractivity contribution in [2.24, 2.45) is 5.92 Å². The first-order valence-corrected chi connectivity index (χ1v) is 8.00. The summed E-state index contributed by atoms with van der Waals surface area (Å²) in [5, 5.41) is 14.1. The second-order valence-electron chi connectivity index (χ2n) is 4.84. The van der Waals surface area contributed by atoms with Gasteiger partial charge in [0.15, 0.2) is 9.84 Å². The highest BCUT2D eigenvalue weighted by Gasteiger charge is 2.26. The number of rotatable bonds is 6. The molecule has 0 heterocycles. The molecule has 19 heavy (non-hydrogen) atoms. The van der Waals surface area contributed by atoms with Gasteiger partial charge in [0.1, 0.15) is 10.6 Å². The van der Waals surface area contributed by atoms with Crippen LogP contribution in [-0.4, -0.2) is 26.1 Å². The molecule has 0 unspecified atom stereocenters. The van der Waals surface area contributed by atoms with Gasteiger partial charge >= 0.3 is 5.69 Å². The lowest BCUT2D eigenvalue weighted by atomic mass is 10.2. The van der Waals surface area contributed by atoms with Crippen LogP contribution in [0.15, 0.2) is 23.1 Å². The first kappa shape index (κ1) is 13.8. The van der Waals surface area contributed by atoms with Crippen molar-refractivity contribution in [3.8, 4) is 0 Å². The highest BCUT2D eigenvalue weighted by atomic mass is 32.2. The van der Waals surface area contributed by atoms with Gasteiger partial charge in [0.2, 0.25) is 0 Å². The minimum absolute atomic E-state index is 0.242. The zero-order valence-electron chi connectivity index (χ0n) is 10.6. The van der Waals surface area contributed by atoms with Crippen molar-refractivity contribution in [1.29, 1.82) is 0 Å². The number of nitro groups is 1. The van der Waals surface area contributed by atoms with Gasteiger partial charge in [0.25, 0.3) is 0 Å². The average Bonchev–Trinajstić information content (AvgIpc) is 3.11. The van der Waals surface area contributed by atoms with E-state index in [4.69, 9.17) is 0 Å². The van der Waals surface area contributed by atoms with Crippen molar-refractivity contribution in [2.45, 2.75) is 24.2 Å². The van der Waals surface area contributed by atoms with Crippen LogP contribution in [0.4, 0.5) is 11.4 Å². The second-order valence-corrected chi connectivity index (χ2v) is 6.82. The zero-order chi connectivity index (χ0) is 14.0. The lowest BCUT2D eigenvalue weighted by molar-refractivity contribution is -0.386.